The quantitative estimate of drug-likeness (QED) is 0.198. The summed E-state index contributed by atoms with van der Waals surface area (Å²) in [6.07, 6.45) is 14.1. The van der Waals surface area contributed by atoms with Gasteiger partial charge in [0.05, 0.1) is 13.2 Å². The third kappa shape index (κ3) is 17.5. The molecule has 0 aromatic heterocycles. The molecule has 1 N–H and O–H groups in total. The van der Waals surface area contributed by atoms with Gasteiger partial charge >= 0.3 is 7.82 Å². The van der Waals surface area contributed by atoms with Crippen LogP contribution in [-0.2, 0) is 13.6 Å². The summed E-state index contributed by atoms with van der Waals surface area (Å²) < 4.78 is 22.2. The van der Waals surface area contributed by atoms with Crippen LogP contribution in [0.5, 0.6) is 0 Å². The zero-order valence-electron chi connectivity index (χ0n) is 17.6. The molecule has 158 valence electrons. The molecular weight excluding hydrogens is 349 g/mol. The van der Waals surface area contributed by atoms with Gasteiger partial charge in [-0.2, -0.15) is 0 Å². The molecule has 6 heteroatoms. The lowest BCUT2D eigenvalue weighted by Crippen LogP contribution is -2.29. The van der Waals surface area contributed by atoms with Crippen LogP contribution in [0.4, 0.5) is 0 Å². The Morgan fingerprint density at radius 3 is 1.65 bits per heavy atom. The van der Waals surface area contributed by atoms with Crippen LogP contribution in [0, 0.1) is 0 Å². The van der Waals surface area contributed by atoms with Crippen LogP contribution in [0.1, 0.15) is 97.8 Å². The van der Waals surface area contributed by atoms with Crippen LogP contribution in [0.25, 0.3) is 0 Å². The Balaban J connectivity index is 3.73. The number of hydrogen-bond donors (Lipinski definition) is 1. The first-order chi connectivity index (χ1) is 12.6. The van der Waals surface area contributed by atoms with E-state index in [0.717, 1.165) is 51.6 Å². The summed E-state index contributed by atoms with van der Waals surface area (Å²) in [5.74, 6) is 0. The van der Waals surface area contributed by atoms with Crippen molar-refractivity contribution in [2.24, 2.45) is 0 Å². The minimum absolute atomic E-state index is 0.249. The van der Waals surface area contributed by atoms with Crippen molar-refractivity contribution >= 4 is 7.82 Å². The summed E-state index contributed by atoms with van der Waals surface area (Å²) >= 11 is 0. The van der Waals surface area contributed by atoms with Crippen molar-refractivity contribution in [3.63, 3.8) is 0 Å². The molecule has 5 nitrogen and oxygen atoms in total. The molecule has 0 saturated heterocycles. The largest absolute Gasteiger partial charge is 0.472 e. The Morgan fingerprint density at radius 2 is 1.12 bits per heavy atom. The number of rotatable bonds is 20. The molecule has 0 aliphatic rings. The lowest BCUT2D eigenvalue weighted by Gasteiger charge is -2.22. The first kappa shape index (κ1) is 26.1. The average Bonchev–Trinajstić information content (AvgIpc) is 2.62. The molecule has 1 atom stereocenters. The first-order valence-electron chi connectivity index (χ1n) is 10.9. The number of nitrogens with zero attached hydrogens (tertiary/aromatic N) is 1. The number of hydrogen-bond acceptors (Lipinski definition) is 4. The van der Waals surface area contributed by atoms with Crippen LogP contribution in [0.2, 0.25) is 0 Å². The number of phosphoric acid groups is 1. The molecule has 0 heterocycles. The molecule has 0 spiro atoms. The zero-order chi connectivity index (χ0) is 19.5. The summed E-state index contributed by atoms with van der Waals surface area (Å²) in [6, 6.07) is 0. The molecule has 0 radical (unpaired) electrons. The highest BCUT2D eigenvalue weighted by Gasteiger charge is 2.20. The van der Waals surface area contributed by atoms with E-state index in [1.54, 1.807) is 0 Å². The van der Waals surface area contributed by atoms with Gasteiger partial charge in [0.15, 0.2) is 0 Å². The Labute approximate surface area is 162 Å². The summed E-state index contributed by atoms with van der Waals surface area (Å²) in [7, 11) is -3.90. The molecule has 1 unspecified atom stereocenters. The van der Waals surface area contributed by atoms with Crippen molar-refractivity contribution < 1.29 is 18.5 Å². The van der Waals surface area contributed by atoms with Gasteiger partial charge in [0.1, 0.15) is 0 Å². The van der Waals surface area contributed by atoms with Crippen molar-refractivity contribution in [2.45, 2.75) is 97.8 Å². The summed E-state index contributed by atoms with van der Waals surface area (Å²) in [4.78, 5) is 12.1. The number of phosphoric ester groups is 1. The fourth-order valence-electron chi connectivity index (χ4n) is 2.84. The Morgan fingerprint density at radius 1 is 0.654 bits per heavy atom. The fraction of sp³-hybridized carbons (Fsp3) is 1.00. The topological polar surface area (TPSA) is 59.0 Å². The van der Waals surface area contributed by atoms with Crippen LogP contribution in [-0.4, -0.2) is 42.6 Å². The monoisotopic (exact) mass is 393 g/mol. The van der Waals surface area contributed by atoms with Crippen LogP contribution < -0.4 is 0 Å². The van der Waals surface area contributed by atoms with Crippen molar-refractivity contribution in [2.75, 3.05) is 32.8 Å². The molecule has 0 amide bonds. The van der Waals surface area contributed by atoms with Crippen molar-refractivity contribution in [3.05, 3.63) is 0 Å². The van der Waals surface area contributed by atoms with Gasteiger partial charge in [-0.15, -0.1) is 0 Å². The molecule has 0 fully saturated rings. The van der Waals surface area contributed by atoms with E-state index in [2.05, 4.69) is 25.7 Å². The van der Waals surface area contributed by atoms with Gasteiger partial charge < -0.3 is 9.79 Å². The molecule has 0 aliphatic heterocycles. The molecule has 0 aromatic rings. The molecule has 0 aliphatic carbocycles. The van der Waals surface area contributed by atoms with E-state index in [0.29, 0.717) is 13.2 Å². The van der Waals surface area contributed by atoms with Crippen LogP contribution in [0.3, 0.4) is 0 Å². The molecule has 0 bridgehead atoms. The molecule has 0 saturated carbocycles. The number of unbranched alkanes of at least 4 members (excludes halogenated alkanes) is 9. The van der Waals surface area contributed by atoms with Crippen molar-refractivity contribution in [1.29, 1.82) is 0 Å². The van der Waals surface area contributed by atoms with Gasteiger partial charge in [0.25, 0.3) is 0 Å². The third-order valence-corrected chi connectivity index (χ3v) is 5.59. The summed E-state index contributed by atoms with van der Waals surface area (Å²) in [5.41, 5.74) is 0. The van der Waals surface area contributed by atoms with Gasteiger partial charge in [-0.05, 0) is 32.4 Å². The smallest absolute Gasteiger partial charge is 0.302 e. The second kappa shape index (κ2) is 18.4. The highest BCUT2D eigenvalue weighted by molar-refractivity contribution is 7.47. The zero-order valence-corrected chi connectivity index (χ0v) is 18.5. The predicted molar refractivity (Wildman–Crippen MR) is 111 cm³/mol. The highest BCUT2D eigenvalue weighted by Crippen LogP contribution is 2.43. The first-order valence-corrected chi connectivity index (χ1v) is 12.4. The van der Waals surface area contributed by atoms with Crippen molar-refractivity contribution in [3.8, 4) is 0 Å². The van der Waals surface area contributed by atoms with Gasteiger partial charge in [-0.3, -0.25) is 9.05 Å². The Hall–Kier alpha value is 0.0700. The van der Waals surface area contributed by atoms with E-state index in [-0.39, 0.29) is 6.61 Å². The second-order valence-corrected chi connectivity index (χ2v) is 8.61. The SMILES string of the molecule is CCCCCCCCCCOP(=O)(O)OCCN(CCCC)CCCC. The lowest BCUT2D eigenvalue weighted by atomic mass is 10.1. The van der Waals surface area contributed by atoms with E-state index in [1.165, 1.54) is 38.5 Å². The Kier molecular flexibility index (Phi) is 18.5. The lowest BCUT2D eigenvalue weighted by molar-refractivity contribution is 0.128. The standard InChI is InChI=1S/C20H44NO4P/c1-4-7-10-11-12-13-14-15-19-24-26(22,23)25-20-18-21(16-8-5-2)17-9-6-3/h4-20H2,1-3H3,(H,22,23). The van der Waals surface area contributed by atoms with E-state index in [9.17, 15) is 9.46 Å². The van der Waals surface area contributed by atoms with Crippen molar-refractivity contribution in [1.82, 2.24) is 4.90 Å². The predicted octanol–water partition coefficient (Wildman–Crippen LogP) is 6.16. The van der Waals surface area contributed by atoms with E-state index in [1.807, 2.05) is 0 Å². The maximum atomic E-state index is 11.9. The second-order valence-electron chi connectivity index (χ2n) is 7.16. The van der Waals surface area contributed by atoms with Gasteiger partial charge in [0, 0.05) is 6.54 Å². The minimum Gasteiger partial charge on any atom is -0.302 e. The summed E-state index contributed by atoms with van der Waals surface area (Å²) in [6.45, 7) is 9.86. The maximum absolute atomic E-state index is 11.9. The normalized spacial score (nSPS) is 14.0. The molecular formula is C20H44NO4P. The van der Waals surface area contributed by atoms with Gasteiger partial charge in [-0.25, -0.2) is 4.57 Å². The fourth-order valence-corrected chi connectivity index (χ4v) is 3.58. The van der Waals surface area contributed by atoms with Gasteiger partial charge in [0.2, 0.25) is 0 Å². The van der Waals surface area contributed by atoms with Crippen LogP contribution in [0.15, 0.2) is 0 Å². The molecule has 0 rings (SSSR count). The van der Waals surface area contributed by atoms with E-state index in [4.69, 9.17) is 9.05 Å². The highest BCUT2D eigenvalue weighted by atomic mass is 31.2. The van der Waals surface area contributed by atoms with Crippen LogP contribution >= 0.6 is 7.82 Å². The summed E-state index contributed by atoms with van der Waals surface area (Å²) in [5, 5.41) is 0. The third-order valence-electron chi connectivity index (χ3n) is 4.57. The van der Waals surface area contributed by atoms with Gasteiger partial charge in [-0.1, -0.05) is 78.6 Å². The Bertz CT molecular complexity index is 334. The maximum Gasteiger partial charge on any atom is 0.472 e. The van der Waals surface area contributed by atoms with E-state index < -0.39 is 7.82 Å². The average molecular weight is 394 g/mol. The van der Waals surface area contributed by atoms with E-state index >= 15 is 0 Å². The molecule has 0 aromatic carbocycles. The minimum atomic E-state index is -3.90. The molecule has 26 heavy (non-hydrogen) atoms.